The molecule has 0 aromatic heterocycles. The van der Waals surface area contributed by atoms with E-state index < -0.39 is 0 Å². The summed E-state index contributed by atoms with van der Waals surface area (Å²) in [6, 6.07) is 11.3. The Labute approximate surface area is 151 Å². The topological polar surface area (TPSA) is 58.2 Å². The summed E-state index contributed by atoms with van der Waals surface area (Å²) < 4.78 is 0. The highest BCUT2D eigenvalue weighted by molar-refractivity contribution is 6.37. The van der Waals surface area contributed by atoms with E-state index in [0.717, 1.165) is 0 Å². The zero-order valence-corrected chi connectivity index (χ0v) is 14.9. The van der Waals surface area contributed by atoms with E-state index in [-0.39, 0.29) is 16.8 Å². The average molecular weight is 365 g/mol. The highest BCUT2D eigenvalue weighted by Crippen LogP contribution is 2.22. The summed E-state index contributed by atoms with van der Waals surface area (Å²) in [7, 11) is 0. The summed E-state index contributed by atoms with van der Waals surface area (Å²) in [5.74, 6) is -0.0902. The van der Waals surface area contributed by atoms with Gasteiger partial charge < -0.3 is 10.6 Å². The van der Waals surface area contributed by atoms with Crippen molar-refractivity contribution in [1.82, 2.24) is 5.32 Å². The second-order valence-electron chi connectivity index (χ2n) is 5.76. The van der Waals surface area contributed by atoms with Gasteiger partial charge in [0.15, 0.2) is 0 Å². The quantitative estimate of drug-likeness (QED) is 0.812. The molecule has 0 aliphatic rings. The van der Waals surface area contributed by atoms with Crippen LogP contribution in [0.15, 0.2) is 42.5 Å². The van der Waals surface area contributed by atoms with Crippen LogP contribution in [0.4, 0.5) is 5.69 Å². The third-order valence-corrected chi connectivity index (χ3v) is 3.80. The Bertz CT molecular complexity index is 743. The monoisotopic (exact) mass is 364 g/mol. The van der Waals surface area contributed by atoms with Crippen LogP contribution in [-0.4, -0.2) is 18.4 Å². The molecular weight excluding hydrogens is 347 g/mol. The molecule has 0 saturated heterocycles. The number of hydrogen-bond acceptors (Lipinski definition) is 2. The first kappa shape index (κ1) is 18.3. The largest absolute Gasteiger partial charge is 0.352 e. The van der Waals surface area contributed by atoms with Crippen LogP contribution in [0, 0.1) is 5.92 Å². The normalized spacial score (nSPS) is 10.5. The summed E-state index contributed by atoms with van der Waals surface area (Å²) in [4.78, 5) is 24.2. The van der Waals surface area contributed by atoms with Crippen molar-refractivity contribution in [3.8, 4) is 0 Å². The minimum atomic E-state index is -0.339. The van der Waals surface area contributed by atoms with Gasteiger partial charge in [0.1, 0.15) is 0 Å². The van der Waals surface area contributed by atoms with Gasteiger partial charge in [-0.3, -0.25) is 9.59 Å². The van der Waals surface area contributed by atoms with Crippen LogP contribution >= 0.6 is 23.2 Å². The number of rotatable bonds is 5. The van der Waals surface area contributed by atoms with Crippen molar-refractivity contribution in [3.63, 3.8) is 0 Å². The SMILES string of the molecule is CC(C)CNC(=O)c1ccc(NC(=O)c2ccc(Cl)cc2Cl)cc1. The average Bonchev–Trinajstić information content (AvgIpc) is 2.53. The van der Waals surface area contributed by atoms with Crippen LogP contribution in [0.2, 0.25) is 10.0 Å². The molecule has 0 fully saturated rings. The van der Waals surface area contributed by atoms with Crippen LogP contribution in [-0.2, 0) is 0 Å². The summed E-state index contributed by atoms with van der Waals surface area (Å²) >= 11 is 11.8. The number of carbonyl (C=O) groups excluding carboxylic acids is 2. The van der Waals surface area contributed by atoms with Gasteiger partial charge in [0.05, 0.1) is 10.6 Å². The predicted molar refractivity (Wildman–Crippen MR) is 98.0 cm³/mol. The Kier molecular flexibility index (Phi) is 6.23. The molecule has 0 unspecified atom stereocenters. The van der Waals surface area contributed by atoms with Crippen molar-refractivity contribution in [2.75, 3.05) is 11.9 Å². The molecule has 4 nitrogen and oxygen atoms in total. The first-order chi connectivity index (χ1) is 11.4. The molecular formula is C18H18Cl2N2O2. The third kappa shape index (κ3) is 4.98. The third-order valence-electron chi connectivity index (χ3n) is 3.25. The first-order valence-corrected chi connectivity index (χ1v) is 8.27. The number of benzene rings is 2. The Balaban J connectivity index is 2.03. The van der Waals surface area contributed by atoms with Crippen molar-refractivity contribution < 1.29 is 9.59 Å². The standard InChI is InChI=1S/C18H18Cl2N2O2/c1-11(2)10-21-17(23)12-3-6-14(7-4-12)22-18(24)15-8-5-13(19)9-16(15)20/h3-9,11H,10H2,1-2H3,(H,21,23)(H,22,24). The lowest BCUT2D eigenvalue weighted by Crippen LogP contribution is -2.27. The van der Waals surface area contributed by atoms with Crippen LogP contribution in [0.1, 0.15) is 34.6 Å². The number of halogens is 2. The van der Waals surface area contributed by atoms with E-state index in [1.807, 2.05) is 13.8 Å². The molecule has 6 heteroatoms. The van der Waals surface area contributed by atoms with Crippen LogP contribution in [0.25, 0.3) is 0 Å². The van der Waals surface area contributed by atoms with Gasteiger partial charge in [0.2, 0.25) is 0 Å². The maximum Gasteiger partial charge on any atom is 0.257 e. The second-order valence-corrected chi connectivity index (χ2v) is 6.60. The smallest absolute Gasteiger partial charge is 0.257 e. The van der Waals surface area contributed by atoms with E-state index in [4.69, 9.17) is 23.2 Å². The van der Waals surface area contributed by atoms with Crippen molar-refractivity contribution in [1.29, 1.82) is 0 Å². The lowest BCUT2D eigenvalue weighted by molar-refractivity contribution is 0.0948. The molecule has 2 aromatic rings. The van der Waals surface area contributed by atoms with Crippen molar-refractivity contribution in [2.24, 2.45) is 5.92 Å². The zero-order valence-electron chi connectivity index (χ0n) is 13.4. The van der Waals surface area contributed by atoms with Crippen molar-refractivity contribution >= 4 is 40.7 Å². The van der Waals surface area contributed by atoms with Gasteiger partial charge in [0, 0.05) is 22.8 Å². The maximum atomic E-state index is 12.2. The fourth-order valence-corrected chi connectivity index (χ4v) is 2.47. The molecule has 0 spiro atoms. The fourth-order valence-electron chi connectivity index (χ4n) is 1.98. The van der Waals surface area contributed by atoms with E-state index >= 15 is 0 Å². The maximum absolute atomic E-state index is 12.2. The zero-order chi connectivity index (χ0) is 17.7. The number of anilines is 1. The molecule has 24 heavy (non-hydrogen) atoms. The van der Waals surface area contributed by atoms with Gasteiger partial charge in [-0.2, -0.15) is 0 Å². The van der Waals surface area contributed by atoms with Crippen molar-refractivity contribution in [3.05, 3.63) is 63.6 Å². The number of nitrogens with one attached hydrogen (secondary N) is 2. The predicted octanol–water partition coefficient (Wildman–Crippen LogP) is 4.63. The molecule has 0 aliphatic carbocycles. The Morgan fingerprint density at radius 1 is 1.00 bits per heavy atom. The summed E-state index contributed by atoms with van der Waals surface area (Å²) in [5.41, 5.74) is 1.45. The Hall–Kier alpha value is -2.04. The van der Waals surface area contributed by atoms with Gasteiger partial charge in [-0.25, -0.2) is 0 Å². The molecule has 0 atom stereocenters. The first-order valence-electron chi connectivity index (χ1n) is 7.51. The molecule has 0 aliphatic heterocycles. The number of amides is 2. The minimum Gasteiger partial charge on any atom is -0.352 e. The minimum absolute atomic E-state index is 0.137. The molecule has 0 heterocycles. The van der Waals surface area contributed by atoms with Crippen LogP contribution in [0.3, 0.4) is 0 Å². The molecule has 2 N–H and O–H groups in total. The van der Waals surface area contributed by atoms with Gasteiger partial charge in [-0.1, -0.05) is 37.0 Å². The Morgan fingerprint density at radius 2 is 1.67 bits per heavy atom. The molecule has 0 bridgehead atoms. The van der Waals surface area contributed by atoms with Crippen molar-refractivity contribution in [2.45, 2.75) is 13.8 Å². The molecule has 2 aromatic carbocycles. The van der Waals surface area contributed by atoms with E-state index in [9.17, 15) is 9.59 Å². The second kappa shape index (κ2) is 8.18. The highest BCUT2D eigenvalue weighted by Gasteiger charge is 2.12. The summed E-state index contributed by atoms with van der Waals surface area (Å²) in [6.07, 6.45) is 0. The summed E-state index contributed by atoms with van der Waals surface area (Å²) in [5, 5.41) is 6.33. The molecule has 0 radical (unpaired) electrons. The van der Waals surface area contributed by atoms with Crippen LogP contribution < -0.4 is 10.6 Å². The van der Waals surface area contributed by atoms with Gasteiger partial charge >= 0.3 is 0 Å². The molecule has 126 valence electrons. The van der Waals surface area contributed by atoms with Gasteiger partial charge in [-0.05, 0) is 48.4 Å². The molecule has 0 saturated carbocycles. The number of carbonyl (C=O) groups is 2. The lowest BCUT2D eigenvalue weighted by Gasteiger charge is -2.09. The summed E-state index contributed by atoms with van der Waals surface area (Å²) in [6.45, 7) is 4.67. The highest BCUT2D eigenvalue weighted by atomic mass is 35.5. The lowest BCUT2D eigenvalue weighted by atomic mass is 10.1. The van der Waals surface area contributed by atoms with Gasteiger partial charge in [0.25, 0.3) is 11.8 Å². The molecule has 2 amide bonds. The van der Waals surface area contributed by atoms with E-state index in [2.05, 4.69) is 10.6 Å². The fraction of sp³-hybridized carbons (Fsp3) is 0.222. The van der Waals surface area contributed by atoms with E-state index in [1.54, 1.807) is 36.4 Å². The van der Waals surface area contributed by atoms with Crippen LogP contribution in [0.5, 0.6) is 0 Å². The van der Waals surface area contributed by atoms with Gasteiger partial charge in [-0.15, -0.1) is 0 Å². The van der Waals surface area contributed by atoms with E-state index in [0.29, 0.717) is 34.3 Å². The Morgan fingerprint density at radius 3 is 2.25 bits per heavy atom. The molecule has 2 rings (SSSR count). The number of hydrogen-bond donors (Lipinski definition) is 2. The van der Waals surface area contributed by atoms with E-state index in [1.165, 1.54) is 6.07 Å².